The van der Waals surface area contributed by atoms with Gasteiger partial charge < -0.3 is 5.32 Å². The molecule has 2 unspecified atom stereocenters. The number of nitrogens with one attached hydrogen (secondary N) is 1. The molecule has 1 aromatic rings. The Kier molecular flexibility index (Phi) is 2.59. The fourth-order valence-corrected chi connectivity index (χ4v) is 2.36. The number of nitro groups is 1. The van der Waals surface area contributed by atoms with Crippen LogP contribution in [0.1, 0.15) is 6.42 Å². The van der Waals surface area contributed by atoms with Crippen LogP contribution in [0, 0.1) is 22.0 Å². The molecule has 0 bridgehead atoms. The lowest BCUT2D eigenvalue weighted by atomic mass is 10.1. The molecule has 2 aliphatic carbocycles. The summed E-state index contributed by atoms with van der Waals surface area (Å²) in [5.74, 6) is 1.66. The van der Waals surface area contributed by atoms with Crippen molar-refractivity contribution in [2.75, 3.05) is 11.9 Å². The lowest BCUT2D eigenvalue weighted by Gasteiger charge is -2.10. The maximum atomic E-state index is 10.8. The first kappa shape index (κ1) is 11.0. The van der Waals surface area contributed by atoms with E-state index >= 15 is 0 Å². The second-order valence-electron chi connectivity index (χ2n) is 4.61. The molecule has 0 amide bonds. The molecule has 2 atom stereocenters. The van der Waals surface area contributed by atoms with Gasteiger partial charge in [-0.15, -0.1) is 0 Å². The molecule has 5 nitrogen and oxygen atoms in total. The van der Waals surface area contributed by atoms with Crippen LogP contribution in [-0.4, -0.2) is 16.5 Å². The van der Waals surface area contributed by atoms with Crippen LogP contribution in [0.5, 0.6) is 0 Å². The van der Waals surface area contributed by atoms with Gasteiger partial charge in [-0.3, -0.25) is 10.1 Å². The highest BCUT2D eigenvalue weighted by Gasteiger charge is 2.38. The molecule has 3 rings (SSSR count). The van der Waals surface area contributed by atoms with Crippen LogP contribution in [0.25, 0.3) is 0 Å². The molecule has 0 saturated heterocycles. The molecular weight excluding hydrogens is 230 g/mol. The summed E-state index contributed by atoms with van der Waals surface area (Å²) >= 11 is 0. The average Bonchev–Trinajstić information content (AvgIpc) is 3.16. The van der Waals surface area contributed by atoms with E-state index in [1.54, 1.807) is 12.3 Å². The second kappa shape index (κ2) is 4.25. The Morgan fingerprint density at radius 1 is 1.56 bits per heavy atom. The van der Waals surface area contributed by atoms with Gasteiger partial charge in [-0.25, -0.2) is 4.98 Å². The number of allylic oxidation sites excluding steroid dienone is 3. The van der Waals surface area contributed by atoms with E-state index < -0.39 is 4.92 Å². The highest BCUT2D eigenvalue weighted by Crippen LogP contribution is 2.47. The fourth-order valence-electron chi connectivity index (χ4n) is 2.36. The van der Waals surface area contributed by atoms with E-state index in [1.165, 1.54) is 18.1 Å². The topological polar surface area (TPSA) is 68.1 Å². The van der Waals surface area contributed by atoms with Crippen LogP contribution in [0.3, 0.4) is 0 Å². The monoisotopic (exact) mass is 243 g/mol. The summed E-state index contributed by atoms with van der Waals surface area (Å²) < 4.78 is 0. The third-order valence-corrected chi connectivity index (χ3v) is 3.43. The molecule has 1 aromatic heterocycles. The number of pyridine rings is 1. The van der Waals surface area contributed by atoms with Crippen molar-refractivity contribution in [1.29, 1.82) is 0 Å². The summed E-state index contributed by atoms with van der Waals surface area (Å²) in [6, 6.07) is 3.03. The Bertz CT molecular complexity index is 551. The maximum absolute atomic E-state index is 10.8. The number of nitrogens with zero attached hydrogens (tertiary/aromatic N) is 2. The van der Waals surface area contributed by atoms with Crippen LogP contribution < -0.4 is 5.32 Å². The molecule has 18 heavy (non-hydrogen) atoms. The number of aromatic nitrogens is 1. The molecule has 0 aromatic carbocycles. The molecule has 0 aliphatic heterocycles. The van der Waals surface area contributed by atoms with E-state index in [2.05, 4.69) is 28.5 Å². The Morgan fingerprint density at radius 3 is 3.28 bits per heavy atom. The predicted molar refractivity (Wildman–Crippen MR) is 68.2 cm³/mol. The number of hydrogen-bond donors (Lipinski definition) is 1. The van der Waals surface area contributed by atoms with E-state index in [0.717, 1.165) is 0 Å². The van der Waals surface area contributed by atoms with Gasteiger partial charge in [0.15, 0.2) is 0 Å². The third kappa shape index (κ3) is 1.99. The molecular formula is C13H13N3O2. The normalized spacial score (nSPS) is 24.1. The molecule has 1 heterocycles. The van der Waals surface area contributed by atoms with Crippen molar-refractivity contribution in [3.63, 3.8) is 0 Å². The second-order valence-corrected chi connectivity index (χ2v) is 4.61. The summed E-state index contributed by atoms with van der Waals surface area (Å²) in [5, 5.41) is 13.9. The third-order valence-electron chi connectivity index (χ3n) is 3.43. The maximum Gasteiger partial charge on any atom is 0.311 e. The highest BCUT2D eigenvalue weighted by molar-refractivity contribution is 5.56. The molecule has 1 N–H and O–H groups in total. The molecule has 5 heteroatoms. The predicted octanol–water partition coefficient (Wildman–Crippen LogP) is 2.53. The molecule has 1 fully saturated rings. The summed E-state index contributed by atoms with van der Waals surface area (Å²) in [4.78, 5) is 14.5. The van der Waals surface area contributed by atoms with Crippen molar-refractivity contribution in [3.05, 3.63) is 52.2 Å². The summed E-state index contributed by atoms with van der Waals surface area (Å²) in [6.07, 6.45) is 9.14. The van der Waals surface area contributed by atoms with Gasteiger partial charge in [0.2, 0.25) is 5.82 Å². The zero-order valence-corrected chi connectivity index (χ0v) is 9.74. The summed E-state index contributed by atoms with van der Waals surface area (Å²) in [7, 11) is 0. The van der Waals surface area contributed by atoms with Gasteiger partial charge in [-0.1, -0.05) is 18.2 Å². The Morgan fingerprint density at radius 2 is 2.44 bits per heavy atom. The Hall–Kier alpha value is -2.17. The molecule has 2 aliphatic rings. The summed E-state index contributed by atoms with van der Waals surface area (Å²) in [6.45, 7) is 0.628. The molecule has 0 radical (unpaired) electrons. The van der Waals surface area contributed by atoms with E-state index in [4.69, 9.17) is 0 Å². The number of hydrogen-bond acceptors (Lipinski definition) is 4. The largest absolute Gasteiger partial charge is 0.361 e. The fraction of sp³-hybridized carbons (Fsp3) is 0.308. The Labute approximate surface area is 104 Å². The van der Waals surface area contributed by atoms with Crippen LogP contribution in [0.15, 0.2) is 42.1 Å². The van der Waals surface area contributed by atoms with E-state index in [9.17, 15) is 10.1 Å². The van der Waals surface area contributed by atoms with Crippen LogP contribution in [0.4, 0.5) is 11.5 Å². The van der Waals surface area contributed by atoms with Crippen molar-refractivity contribution in [1.82, 2.24) is 4.98 Å². The van der Waals surface area contributed by atoms with Gasteiger partial charge in [-0.2, -0.15) is 0 Å². The lowest BCUT2D eigenvalue weighted by molar-refractivity contribution is -0.384. The lowest BCUT2D eigenvalue weighted by Crippen LogP contribution is -2.10. The van der Waals surface area contributed by atoms with E-state index in [-0.39, 0.29) is 5.69 Å². The number of fused-ring (bicyclic) bond motifs is 1. The van der Waals surface area contributed by atoms with Crippen molar-refractivity contribution in [3.8, 4) is 0 Å². The average molecular weight is 243 g/mol. The van der Waals surface area contributed by atoms with Gasteiger partial charge in [0, 0.05) is 18.8 Å². The molecule has 0 spiro atoms. The van der Waals surface area contributed by atoms with Crippen molar-refractivity contribution in [2.24, 2.45) is 11.8 Å². The Balaban J connectivity index is 1.72. The van der Waals surface area contributed by atoms with Gasteiger partial charge in [0.1, 0.15) is 0 Å². The van der Waals surface area contributed by atoms with E-state index in [0.29, 0.717) is 24.2 Å². The minimum absolute atomic E-state index is 0.0248. The SMILES string of the molecule is O=[N+]([O-])c1cccnc1NCC1=CC=CC2CC12. The van der Waals surface area contributed by atoms with Crippen molar-refractivity contribution in [2.45, 2.75) is 6.42 Å². The van der Waals surface area contributed by atoms with Gasteiger partial charge in [-0.05, 0) is 29.9 Å². The van der Waals surface area contributed by atoms with Gasteiger partial charge >= 0.3 is 5.69 Å². The molecule has 1 saturated carbocycles. The summed E-state index contributed by atoms with van der Waals surface area (Å²) in [5.41, 5.74) is 1.33. The van der Waals surface area contributed by atoms with Crippen LogP contribution in [-0.2, 0) is 0 Å². The molecule has 92 valence electrons. The first-order valence-electron chi connectivity index (χ1n) is 5.96. The first-order valence-corrected chi connectivity index (χ1v) is 5.96. The number of rotatable bonds is 4. The van der Waals surface area contributed by atoms with Crippen molar-refractivity contribution >= 4 is 11.5 Å². The quantitative estimate of drug-likeness (QED) is 0.651. The van der Waals surface area contributed by atoms with Gasteiger partial charge in [0.05, 0.1) is 4.92 Å². The van der Waals surface area contributed by atoms with Crippen molar-refractivity contribution < 1.29 is 4.92 Å². The zero-order valence-electron chi connectivity index (χ0n) is 9.74. The zero-order chi connectivity index (χ0) is 12.5. The first-order chi connectivity index (χ1) is 8.75. The number of anilines is 1. The van der Waals surface area contributed by atoms with Crippen LogP contribution >= 0.6 is 0 Å². The smallest absolute Gasteiger partial charge is 0.311 e. The minimum Gasteiger partial charge on any atom is -0.361 e. The van der Waals surface area contributed by atoms with E-state index in [1.807, 2.05) is 0 Å². The standard InChI is InChI=1S/C13H13N3O2/c17-16(18)12-5-2-6-14-13(12)15-8-10-4-1-3-9-7-11(9)10/h1-6,9,11H,7-8H2,(H,14,15). The van der Waals surface area contributed by atoms with Gasteiger partial charge in [0.25, 0.3) is 0 Å². The minimum atomic E-state index is -0.412. The highest BCUT2D eigenvalue weighted by atomic mass is 16.6. The van der Waals surface area contributed by atoms with Crippen LogP contribution in [0.2, 0.25) is 0 Å².